The maximum absolute atomic E-state index is 9.96. The van der Waals surface area contributed by atoms with Crippen molar-refractivity contribution in [1.29, 1.82) is 0 Å². The molecule has 1 N–H and O–H groups in total. The zero-order valence-electron chi connectivity index (χ0n) is 27.2. The van der Waals surface area contributed by atoms with Crippen molar-refractivity contribution in [1.82, 2.24) is 10.2 Å². The van der Waals surface area contributed by atoms with Gasteiger partial charge in [0.1, 0.15) is 0 Å². The quantitative estimate of drug-likeness (QED) is 0.0985. The number of carbonyl (C=O) groups is 1. The first-order valence-corrected chi connectivity index (χ1v) is 13.9. The Hall–Kier alpha value is 0.163. The van der Waals surface area contributed by atoms with E-state index in [1.165, 1.54) is 32.7 Å². The van der Waals surface area contributed by atoms with E-state index < -0.39 is 7.15 Å². The van der Waals surface area contributed by atoms with Gasteiger partial charge in [0.15, 0.2) is 0 Å². The van der Waals surface area contributed by atoms with Gasteiger partial charge in [-0.3, -0.25) is 14.1 Å². The molecule has 7 nitrogen and oxygen atoms in total. The maximum atomic E-state index is 9.96. The van der Waals surface area contributed by atoms with Gasteiger partial charge in [-0.1, -0.05) is 84.9 Å². The van der Waals surface area contributed by atoms with Crippen LogP contribution in [0.4, 0.5) is 4.39 Å². The van der Waals surface area contributed by atoms with Gasteiger partial charge in [0.05, 0.1) is 35.0 Å². The summed E-state index contributed by atoms with van der Waals surface area (Å²) in [7, 11) is -1.00. The second-order valence-corrected chi connectivity index (χ2v) is 9.12. The minimum Gasteiger partial charge on any atom is -1.00 e. The van der Waals surface area contributed by atoms with Crippen LogP contribution in [0.3, 0.4) is 0 Å². The number of morpholine rings is 2. The monoisotopic (exact) mass is 665 g/mol. The molecule has 0 atom stereocenters. The Morgan fingerprint density at radius 3 is 1.77 bits per heavy atom. The predicted octanol–water partition coefficient (Wildman–Crippen LogP) is -1.00. The molecule has 0 saturated carbocycles. The molecule has 2 aliphatic rings. The zero-order chi connectivity index (χ0) is 30.3. The Bertz CT molecular complexity index is 1270. The largest absolute Gasteiger partial charge is 1.00 e. The fraction of sp³-hybridized carbons (Fsp3) is 0.344. The molecule has 2 aliphatic heterocycles. The summed E-state index contributed by atoms with van der Waals surface area (Å²) in [5.41, 5.74) is 2.62. The van der Waals surface area contributed by atoms with Gasteiger partial charge in [-0.2, -0.15) is 0 Å². The van der Waals surface area contributed by atoms with E-state index in [0.717, 1.165) is 59.2 Å². The smallest absolute Gasteiger partial charge is 1.00 e. The van der Waals surface area contributed by atoms with Crippen LogP contribution in [0.2, 0.25) is 0 Å². The number of hydrogen-bond donors (Lipinski definition) is 1. The molecule has 6 rings (SSSR count). The molecule has 11 heteroatoms. The molecule has 0 spiro atoms. The number of nitrogens with one attached hydrogen (secondary N) is 1. The van der Waals surface area contributed by atoms with Crippen LogP contribution < -0.4 is 113 Å². The molecule has 0 radical (unpaired) electrons. The zero-order valence-corrected chi connectivity index (χ0v) is 32.2. The SMILES string of the molecule is C1COCCN1.ClCc1cccc2ccccc12.O=CO[O-].[2H]CF.[H-].[K+].[K+].c1ccc2c(CN3CCOCC3)cccc2c1. The second kappa shape index (κ2) is 28.4. The Labute approximate surface area is 347 Å². The average Bonchev–Trinajstić information content (AvgIpc) is 3.07. The van der Waals surface area contributed by atoms with E-state index in [9.17, 15) is 4.39 Å². The summed E-state index contributed by atoms with van der Waals surface area (Å²) >= 11 is 5.81. The molecule has 2 fully saturated rings. The van der Waals surface area contributed by atoms with E-state index in [1.54, 1.807) is 0 Å². The van der Waals surface area contributed by atoms with Crippen LogP contribution in [0.25, 0.3) is 21.5 Å². The number of fused-ring (bicyclic) bond motifs is 2. The van der Waals surface area contributed by atoms with Gasteiger partial charge in [-0.05, 0) is 32.7 Å². The Morgan fingerprint density at radius 2 is 1.33 bits per heavy atom. The summed E-state index contributed by atoms with van der Waals surface area (Å²) in [4.78, 5) is 13.7. The summed E-state index contributed by atoms with van der Waals surface area (Å²) in [6.07, 6.45) is 0. The first-order chi connectivity index (χ1) is 20.7. The van der Waals surface area contributed by atoms with Gasteiger partial charge in [-0.25, -0.2) is 0 Å². The number of carbonyl (C=O) groups excluding carboxylic acids is 1. The van der Waals surface area contributed by atoms with Crippen molar-refractivity contribution >= 4 is 39.6 Å². The van der Waals surface area contributed by atoms with Gasteiger partial charge in [0.2, 0.25) is 0 Å². The van der Waals surface area contributed by atoms with E-state index in [4.69, 9.17) is 32.5 Å². The first-order valence-electron chi connectivity index (χ1n) is 14.0. The molecule has 0 aromatic heterocycles. The van der Waals surface area contributed by atoms with Gasteiger partial charge >= 0.3 is 103 Å². The minimum absolute atomic E-state index is 0. The molecule has 2 heterocycles. The van der Waals surface area contributed by atoms with Crippen LogP contribution >= 0.6 is 11.6 Å². The number of rotatable bonds is 4. The van der Waals surface area contributed by atoms with Gasteiger partial charge in [0, 0.05) is 38.6 Å². The van der Waals surface area contributed by atoms with Crippen LogP contribution in [0, 0.1) is 0 Å². The summed E-state index contributed by atoms with van der Waals surface area (Å²) in [6.45, 7) is 8.51. The minimum atomic E-state index is -1.00. The number of halogens is 2. The summed E-state index contributed by atoms with van der Waals surface area (Å²) < 4.78 is 25.9. The number of alkyl halides is 2. The number of benzene rings is 4. The van der Waals surface area contributed by atoms with E-state index in [1.807, 2.05) is 18.2 Å². The normalized spacial score (nSPS) is 14.1. The summed E-state index contributed by atoms with van der Waals surface area (Å²) in [6, 6.07) is 29.7. The molecular formula is C32H40ClFK2N2O5. The van der Waals surface area contributed by atoms with Crippen molar-refractivity contribution in [3.63, 3.8) is 0 Å². The Kier molecular flexibility index (Phi) is 27.2. The van der Waals surface area contributed by atoms with Crippen molar-refractivity contribution < 1.29 is 134 Å². The van der Waals surface area contributed by atoms with Crippen molar-refractivity contribution in [2.75, 3.05) is 59.8 Å². The predicted molar refractivity (Wildman–Crippen MR) is 163 cm³/mol. The fourth-order valence-electron chi connectivity index (χ4n) is 4.36. The Balaban J connectivity index is 0. The topological polar surface area (TPSA) is 83.1 Å². The fourth-order valence-corrected chi connectivity index (χ4v) is 4.59. The third-order valence-electron chi connectivity index (χ3n) is 6.29. The van der Waals surface area contributed by atoms with Gasteiger partial charge in [0.25, 0.3) is 6.47 Å². The molecule has 4 aromatic rings. The maximum Gasteiger partial charge on any atom is 1.00 e. The van der Waals surface area contributed by atoms with E-state index in [2.05, 4.69) is 81.8 Å². The molecule has 224 valence electrons. The summed E-state index contributed by atoms with van der Waals surface area (Å²) in [5.74, 6) is 0.585. The third-order valence-corrected chi connectivity index (χ3v) is 6.58. The van der Waals surface area contributed by atoms with E-state index >= 15 is 0 Å². The van der Waals surface area contributed by atoms with E-state index in [-0.39, 0.29) is 111 Å². The van der Waals surface area contributed by atoms with Crippen LogP contribution in [-0.2, 0) is 31.6 Å². The Morgan fingerprint density at radius 1 is 0.884 bits per heavy atom. The molecule has 0 amide bonds. The van der Waals surface area contributed by atoms with Crippen LogP contribution in [0.1, 0.15) is 13.9 Å². The summed E-state index contributed by atoms with van der Waals surface area (Å²) in [5, 5.41) is 16.8. The van der Waals surface area contributed by atoms with Crippen molar-refractivity contribution in [2.24, 2.45) is 0 Å². The molecule has 2 saturated heterocycles. The van der Waals surface area contributed by atoms with Crippen molar-refractivity contribution in [3.05, 3.63) is 96.1 Å². The van der Waals surface area contributed by atoms with Crippen molar-refractivity contribution in [2.45, 2.75) is 12.4 Å². The third kappa shape index (κ3) is 17.0. The average molecular weight is 666 g/mol. The number of ether oxygens (including phenoxy) is 2. The van der Waals surface area contributed by atoms with Crippen LogP contribution in [0.5, 0.6) is 0 Å². The van der Waals surface area contributed by atoms with Crippen molar-refractivity contribution in [3.8, 4) is 0 Å². The standard InChI is InChI=1S/C15H17NO.C11H9Cl.C4H9NO.CH3F.CH2O3.2K.H/c1-2-7-15-13(4-1)5-3-6-14(15)12-16-8-10-17-11-9-16;12-8-10-6-3-5-9-4-1-2-7-11(9)10;1-3-6-4-2-5-1;1-2;2-1-4-3;;;/h1-7H,8-12H2;1-7H,8H2;5H,1-4H2;1H3;1,3H;;;/q;;;;;2*+1;-1/p-1/i;;;1D;;;;. The number of hydrogen-bond acceptors (Lipinski definition) is 7. The second-order valence-electron chi connectivity index (χ2n) is 8.85. The van der Waals surface area contributed by atoms with Crippen LogP contribution in [0.15, 0.2) is 84.9 Å². The number of nitrogens with zero attached hydrogens (tertiary/aromatic N) is 1. The van der Waals surface area contributed by atoms with Gasteiger partial charge in [-0.15, -0.1) is 11.6 Å². The van der Waals surface area contributed by atoms with Crippen LogP contribution in [-0.4, -0.2) is 71.1 Å². The van der Waals surface area contributed by atoms with Gasteiger partial charge < -0.3 is 26.4 Å². The molecule has 43 heavy (non-hydrogen) atoms. The molecule has 0 bridgehead atoms. The molecule has 0 aliphatic carbocycles. The molecule has 4 aromatic carbocycles. The molecular weight excluding hydrogens is 625 g/mol. The molecule has 0 unspecified atom stereocenters. The van der Waals surface area contributed by atoms with E-state index in [0.29, 0.717) is 5.88 Å². The first kappa shape index (κ1) is 41.2.